The van der Waals surface area contributed by atoms with E-state index in [1.165, 1.54) is 10.6 Å². The number of halogens is 4. The van der Waals surface area contributed by atoms with Gasteiger partial charge in [-0.05, 0) is 0 Å². The molecular formula is C8H5ClF3N3. The van der Waals surface area contributed by atoms with E-state index in [9.17, 15) is 13.2 Å². The Morgan fingerprint density at radius 2 is 1.93 bits per heavy atom. The van der Waals surface area contributed by atoms with Crippen LogP contribution in [0.25, 0.3) is 5.78 Å². The first-order valence-electron chi connectivity index (χ1n) is 3.97. The number of aromatic nitrogens is 3. The SMILES string of the molecule is FC(F)(F)c1cnc2ncc(CCl)n2c1. The maximum Gasteiger partial charge on any atom is 0.419 e. The molecule has 2 rings (SSSR count). The average molecular weight is 236 g/mol. The summed E-state index contributed by atoms with van der Waals surface area (Å²) in [6.07, 6.45) is -1.32. The molecule has 0 aromatic carbocycles. The molecule has 0 spiro atoms. The largest absolute Gasteiger partial charge is 0.419 e. The summed E-state index contributed by atoms with van der Waals surface area (Å²) in [5, 5.41) is 0. The van der Waals surface area contributed by atoms with Gasteiger partial charge in [-0.3, -0.25) is 4.40 Å². The van der Waals surface area contributed by atoms with Gasteiger partial charge in [0, 0.05) is 12.4 Å². The molecule has 0 fully saturated rings. The fourth-order valence-electron chi connectivity index (χ4n) is 1.17. The van der Waals surface area contributed by atoms with Gasteiger partial charge in [-0.2, -0.15) is 13.2 Å². The first-order chi connectivity index (χ1) is 7.02. The van der Waals surface area contributed by atoms with E-state index in [1.54, 1.807) is 0 Å². The lowest BCUT2D eigenvalue weighted by atomic mass is 10.3. The van der Waals surface area contributed by atoms with Gasteiger partial charge in [0.15, 0.2) is 0 Å². The van der Waals surface area contributed by atoms with Crippen molar-refractivity contribution in [3.05, 3.63) is 29.8 Å². The molecule has 2 aromatic rings. The Balaban J connectivity index is 2.63. The van der Waals surface area contributed by atoms with Crippen molar-refractivity contribution in [1.29, 1.82) is 0 Å². The van der Waals surface area contributed by atoms with Crippen molar-refractivity contribution in [3.8, 4) is 0 Å². The molecule has 0 saturated heterocycles. The van der Waals surface area contributed by atoms with Crippen molar-refractivity contribution in [2.75, 3.05) is 0 Å². The number of rotatable bonds is 1. The third kappa shape index (κ3) is 1.77. The highest BCUT2D eigenvalue weighted by Gasteiger charge is 2.31. The van der Waals surface area contributed by atoms with Gasteiger partial charge in [0.05, 0.1) is 23.3 Å². The monoisotopic (exact) mass is 235 g/mol. The third-order valence-corrected chi connectivity index (χ3v) is 2.18. The van der Waals surface area contributed by atoms with Gasteiger partial charge in [-0.15, -0.1) is 11.6 Å². The van der Waals surface area contributed by atoms with E-state index in [0.717, 1.165) is 12.4 Å². The van der Waals surface area contributed by atoms with Crippen LogP contribution in [-0.4, -0.2) is 14.4 Å². The van der Waals surface area contributed by atoms with Crippen molar-refractivity contribution in [2.24, 2.45) is 0 Å². The fraction of sp³-hybridized carbons (Fsp3) is 0.250. The van der Waals surface area contributed by atoms with Crippen LogP contribution in [0.2, 0.25) is 0 Å². The third-order valence-electron chi connectivity index (χ3n) is 1.91. The predicted molar refractivity (Wildman–Crippen MR) is 47.5 cm³/mol. The molecule has 0 bridgehead atoms. The quantitative estimate of drug-likeness (QED) is 0.711. The number of hydrogen-bond donors (Lipinski definition) is 0. The molecule has 2 heterocycles. The minimum absolute atomic E-state index is 0.0875. The molecule has 0 saturated carbocycles. The van der Waals surface area contributed by atoms with E-state index >= 15 is 0 Å². The van der Waals surface area contributed by atoms with Crippen LogP contribution in [0, 0.1) is 0 Å². The summed E-state index contributed by atoms with van der Waals surface area (Å²) < 4.78 is 38.3. The summed E-state index contributed by atoms with van der Waals surface area (Å²) in [5.41, 5.74) is -0.343. The van der Waals surface area contributed by atoms with E-state index < -0.39 is 11.7 Å². The molecule has 0 atom stereocenters. The molecule has 0 radical (unpaired) electrons. The number of alkyl halides is 4. The van der Waals surface area contributed by atoms with E-state index in [2.05, 4.69) is 9.97 Å². The zero-order valence-electron chi connectivity index (χ0n) is 7.29. The van der Waals surface area contributed by atoms with Crippen LogP contribution in [0.5, 0.6) is 0 Å². The number of fused-ring (bicyclic) bond motifs is 1. The van der Waals surface area contributed by atoms with Gasteiger partial charge in [-0.1, -0.05) is 0 Å². The molecule has 0 N–H and O–H groups in total. The zero-order valence-corrected chi connectivity index (χ0v) is 8.05. The van der Waals surface area contributed by atoms with Crippen LogP contribution in [-0.2, 0) is 12.1 Å². The first kappa shape index (κ1) is 10.2. The van der Waals surface area contributed by atoms with Crippen LogP contribution < -0.4 is 0 Å². The lowest BCUT2D eigenvalue weighted by molar-refractivity contribution is -0.138. The number of hydrogen-bond acceptors (Lipinski definition) is 2. The van der Waals surface area contributed by atoms with Crippen LogP contribution in [0.1, 0.15) is 11.3 Å². The van der Waals surface area contributed by atoms with E-state index in [1.807, 2.05) is 0 Å². The maximum atomic E-state index is 12.4. The van der Waals surface area contributed by atoms with Gasteiger partial charge < -0.3 is 0 Å². The summed E-state index contributed by atoms with van der Waals surface area (Å²) >= 11 is 5.54. The van der Waals surface area contributed by atoms with Crippen LogP contribution >= 0.6 is 11.6 Å². The molecule has 2 aromatic heterocycles. The Hall–Kier alpha value is -1.30. The standard InChI is InChI=1S/C8H5ClF3N3/c9-1-6-3-14-7-13-2-5(4-15(6)7)8(10,11)12/h2-4H,1H2. The molecule has 0 aliphatic rings. The molecule has 80 valence electrons. The van der Waals surface area contributed by atoms with Crippen LogP contribution in [0.3, 0.4) is 0 Å². The average Bonchev–Trinajstić information content (AvgIpc) is 2.57. The van der Waals surface area contributed by atoms with Crippen LogP contribution in [0.15, 0.2) is 18.6 Å². The smallest absolute Gasteiger partial charge is 0.286 e. The molecule has 0 aliphatic heterocycles. The Kier molecular flexibility index (Phi) is 2.30. The highest BCUT2D eigenvalue weighted by molar-refractivity contribution is 6.16. The molecular weight excluding hydrogens is 231 g/mol. The van der Waals surface area contributed by atoms with Crippen molar-refractivity contribution in [1.82, 2.24) is 14.4 Å². The summed E-state index contributed by atoms with van der Waals surface area (Å²) in [7, 11) is 0. The number of imidazole rings is 1. The Bertz CT molecular complexity index is 491. The zero-order chi connectivity index (χ0) is 11.1. The van der Waals surface area contributed by atoms with Crippen LogP contribution in [0.4, 0.5) is 13.2 Å². The number of nitrogens with zero attached hydrogens (tertiary/aromatic N) is 3. The highest BCUT2D eigenvalue weighted by Crippen LogP contribution is 2.28. The lowest BCUT2D eigenvalue weighted by Gasteiger charge is -2.06. The maximum absolute atomic E-state index is 12.4. The van der Waals surface area contributed by atoms with Crippen molar-refractivity contribution >= 4 is 17.4 Å². The van der Waals surface area contributed by atoms with E-state index in [0.29, 0.717) is 5.69 Å². The van der Waals surface area contributed by atoms with Gasteiger partial charge in [0.25, 0.3) is 0 Å². The second-order valence-corrected chi connectivity index (χ2v) is 3.16. The van der Waals surface area contributed by atoms with Crippen molar-refractivity contribution < 1.29 is 13.2 Å². The summed E-state index contributed by atoms with van der Waals surface area (Å²) in [4.78, 5) is 7.40. The summed E-state index contributed by atoms with van der Waals surface area (Å²) in [6.45, 7) is 0. The Morgan fingerprint density at radius 3 is 2.53 bits per heavy atom. The molecule has 0 amide bonds. The first-order valence-corrected chi connectivity index (χ1v) is 4.51. The molecule has 0 aliphatic carbocycles. The predicted octanol–water partition coefficient (Wildman–Crippen LogP) is 2.49. The Morgan fingerprint density at radius 1 is 1.27 bits per heavy atom. The molecule has 0 unspecified atom stereocenters. The van der Waals surface area contributed by atoms with E-state index in [-0.39, 0.29) is 11.7 Å². The molecule has 7 heteroatoms. The lowest BCUT2D eigenvalue weighted by Crippen LogP contribution is -2.08. The van der Waals surface area contributed by atoms with Gasteiger partial charge >= 0.3 is 6.18 Å². The van der Waals surface area contributed by atoms with Gasteiger partial charge in [-0.25, -0.2) is 9.97 Å². The summed E-state index contributed by atoms with van der Waals surface area (Å²) in [5.74, 6) is 0.295. The minimum atomic E-state index is -4.41. The van der Waals surface area contributed by atoms with Gasteiger partial charge in [0.1, 0.15) is 0 Å². The van der Waals surface area contributed by atoms with Gasteiger partial charge in [0.2, 0.25) is 5.78 Å². The second-order valence-electron chi connectivity index (χ2n) is 2.89. The van der Waals surface area contributed by atoms with Crippen molar-refractivity contribution in [2.45, 2.75) is 12.1 Å². The summed E-state index contributed by atoms with van der Waals surface area (Å²) in [6, 6.07) is 0. The minimum Gasteiger partial charge on any atom is -0.286 e. The van der Waals surface area contributed by atoms with E-state index in [4.69, 9.17) is 11.6 Å². The highest BCUT2D eigenvalue weighted by atomic mass is 35.5. The molecule has 3 nitrogen and oxygen atoms in total. The Labute approximate surface area is 87.5 Å². The van der Waals surface area contributed by atoms with Crippen molar-refractivity contribution in [3.63, 3.8) is 0 Å². The molecule has 15 heavy (non-hydrogen) atoms. The second kappa shape index (κ2) is 3.37. The normalized spacial score (nSPS) is 12.3. The topological polar surface area (TPSA) is 30.2 Å². The fourth-order valence-corrected chi connectivity index (χ4v) is 1.36.